The average molecular weight is 365 g/mol. The monoisotopic (exact) mass is 364 g/mol. The van der Waals surface area contributed by atoms with E-state index in [2.05, 4.69) is 26.2 Å². The number of thiazole rings is 1. The SMILES string of the molecule is Cc1nc(CNc2cc(C(F)(F)F)ccc2Br)sc1C. The number of halogens is 4. The Kier molecular flexibility index (Phi) is 4.39. The normalized spacial score (nSPS) is 11.7. The molecule has 1 N–H and O–H groups in total. The second-order valence-electron chi connectivity index (χ2n) is 4.30. The lowest BCUT2D eigenvalue weighted by Gasteiger charge is -2.11. The van der Waals surface area contributed by atoms with Crippen molar-refractivity contribution in [2.24, 2.45) is 0 Å². The predicted octanol–water partition coefficient (Wildman–Crippen LogP) is 5.15. The molecule has 7 heteroatoms. The summed E-state index contributed by atoms with van der Waals surface area (Å²) in [6.07, 6.45) is -4.34. The summed E-state index contributed by atoms with van der Waals surface area (Å²) in [5.74, 6) is 0. The molecule has 0 amide bonds. The number of nitrogens with one attached hydrogen (secondary N) is 1. The number of hydrogen-bond donors (Lipinski definition) is 1. The van der Waals surface area contributed by atoms with Gasteiger partial charge in [-0.25, -0.2) is 4.98 Å². The molecule has 0 fully saturated rings. The Morgan fingerprint density at radius 3 is 2.55 bits per heavy atom. The maximum absolute atomic E-state index is 12.7. The van der Waals surface area contributed by atoms with Crippen molar-refractivity contribution in [2.75, 3.05) is 5.32 Å². The molecule has 0 aliphatic rings. The highest BCUT2D eigenvalue weighted by Gasteiger charge is 2.30. The lowest BCUT2D eigenvalue weighted by Crippen LogP contribution is -2.07. The molecule has 0 atom stereocenters. The van der Waals surface area contributed by atoms with Crippen molar-refractivity contribution in [3.05, 3.63) is 43.8 Å². The highest BCUT2D eigenvalue weighted by molar-refractivity contribution is 9.10. The Morgan fingerprint density at radius 1 is 1.30 bits per heavy atom. The van der Waals surface area contributed by atoms with E-state index in [-0.39, 0.29) is 0 Å². The van der Waals surface area contributed by atoms with E-state index in [9.17, 15) is 13.2 Å². The number of alkyl halides is 3. The molecule has 0 spiro atoms. The Morgan fingerprint density at radius 2 is 2.00 bits per heavy atom. The highest BCUT2D eigenvalue weighted by Crippen LogP contribution is 2.34. The topological polar surface area (TPSA) is 24.9 Å². The largest absolute Gasteiger partial charge is 0.416 e. The summed E-state index contributed by atoms with van der Waals surface area (Å²) in [5.41, 5.74) is 0.690. The molecule has 1 heterocycles. The third-order valence-corrected chi connectivity index (χ3v) is 4.56. The molecule has 0 saturated carbocycles. The van der Waals surface area contributed by atoms with Crippen LogP contribution in [0.4, 0.5) is 18.9 Å². The van der Waals surface area contributed by atoms with Crippen molar-refractivity contribution >= 4 is 33.0 Å². The van der Waals surface area contributed by atoms with Gasteiger partial charge in [-0.3, -0.25) is 0 Å². The van der Waals surface area contributed by atoms with E-state index in [4.69, 9.17) is 0 Å². The fourth-order valence-corrected chi connectivity index (χ4v) is 2.88. The first kappa shape index (κ1) is 15.3. The first-order valence-corrected chi connectivity index (χ1v) is 7.42. The van der Waals surface area contributed by atoms with Gasteiger partial charge < -0.3 is 5.32 Å². The number of aromatic nitrogens is 1. The van der Waals surface area contributed by atoms with E-state index in [1.54, 1.807) is 0 Å². The van der Waals surface area contributed by atoms with Gasteiger partial charge in [0.1, 0.15) is 5.01 Å². The summed E-state index contributed by atoms with van der Waals surface area (Å²) in [6, 6.07) is 3.54. The maximum atomic E-state index is 12.7. The predicted molar refractivity (Wildman–Crippen MR) is 78.1 cm³/mol. The third-order valence-electron chi connectivity index (χ3n) is 2.80. The van der Waals surface area contributed by atoms with Crippen LogP contribution in [0.15, 0.2) is 22.7 Å². The molecule has 20 heavy (non-hydrogen) atoms. The van der Waals surface area contributed by atoms with Crippen LogP contribution in [0.25, 0.3) is 0 Å². The van der Waals surface area contributed by atoms with Gasteiger partial charge >= 0.3 is 6.18 Å². The summed E-state index contributed by atoms with van der Waals surface area (Å²) in [5, 5.41) is 3.83. The van der Waals surface area contributed by atoms with Crippen LogP contribution in [-0.2, 0) is 12.7 Å². The van der Waals surface area contributed by atoms with Gasteiger partial charge in [0.15, 0.2) is 0 Å². The van der Waals surface area contributed by atoms with E-state index in [1.165, 1.54) is 17.4 Å². The van der Waals surface area contributed by atoms with Crippen molar-refractivity contribution in [1.29, 1.82) is 0 Å². The Bertz CT molecular complexity index is 603. The molecule has 0 bridgehead atoms. The van der Waals surface area contributed by atoms with Crippen molar-refractivity contribution in [3.8, 4) is 0 Å². The fraction of sp³-hybridized carbons (Fsp3) is 0.308. The number of rotatable bonds is 3. The molecular weight excluding hydrogens is 353 g/mol. The number of aryl methyl sites for hydroxylation is 2. The molecule has 0 aliphatic heterocycles. The van der Waals surface area contributed by atoms with Crippen LogP contribution in [0.2, 0.25) is 0 Å². The number of hydrogen-bond acceptors (Lipinski definition) is 3. The number of benzene rings is 1. The van der Waals surface area contributed by atoms with Gasteiger partial charge in [-0.2, -0.15) is 13.2 Å². The lowest BCUT2D eigenvalue weighted by atomic mass is 10.2. The van der Waals surface area contributed by atoms with Gasteiger partial charge in [-0.05, 0) is 48.0 Å². The standard InChI is InChI=1S/C13H12BrF3N2S/c1-7-8(2)20-12(19-7)6-18-11-5-9(13(15,16)17)3-4-10(11)14/h3-5,18H,6H2,1-2H3. The average Bonchev–Trinajstić information content (AvgIpc) is 2.66. The molecule has 1 aromatic heterocycles. The fourth-order valence-electron chi connectivity index (χ4n) is 1.62. The van der Waals surface area contributed by atoms with Crippen molar-refractivity contribution in [3.63, 3.8) is 0 Å². The van der Waals surface area contributed by atoms with Crippen LogP contribution in [0.1, 0.15) is 21.1 Å². The molecule has 1 aromatic carbocycles. The molecule has 0 radical (unpaired) electrons. The molecular formula is C13H12BrF3N2S. The van der Waals surface area contributed by atoms with E-state index in [0.717, 1.165) is 27.7 Å². The van der Waals surface area contributed by atoms with Gasteiger partial charge in [0.05, 0.1) is 17.8 Å². The van der Waals surface area contributed by atoms with E-state index >= 15 is 0 Å². The molecule has 0 saturated heterocycles. The molecule has 2 rings (SSSR count). The van der Waals surface area contributed by atoms with E-state index < -0.39 is 11.7 Å². The van der Waals surface area contributed by atoms with Crippen LogP contribution in [0.3, 0.4) is 0 Å². The van der Waals surface area contributed by atoms with Gasteiger partial charge in [0.25, 0.3) is 0 Å². The van der Waals surface area contributed by atoms with Crippen LogP contribution in [-0.4, -0.2) is 4.98 Å². The third kappa shape index (κ3) is 3.52. The smallest absolute Gasteiger partial charge is 0.378 e. The Balaban J connectivity index is 2.16. The summed E-state index contributed by atoms with van der Waals surface area (Å²) >= 11 is 4.78. The summed E-state index contributed by atoms with van der Waals surface area (Å²) < 4.78 is 38.6. The zero-order valence-electron chi connectivity index (χ0n) is 10.8. The first-order valence-electron chi connectivity index (χ1n) is 5.81. The molecule has 0 unspecified atom stereocenters. The second kappa shape index (κ2) is 5.73. The molecule has 108 valence electrons. The first-order chi connectivity index (χ1) is 9.27. The van der Waals surface area contributed by atoms with Gasteiger partial charge in [0, 0.05) is 15.0 Å². The van der Waals surface area contributed by atoms with Crippen LogP contribution >= 0.6 is 27.3 Å². The van der Waals surface area contributed by atoms with Crippen LogP contribution in [0, 0.1) is 13.8 Å². The summed E-state index contributed by atoms with van der Waals surface area (Å²) in [4.78, 5) is 5.46. The van der Waals surface area contributed by atoms with E-state index in [1.807, 2.05) is 13.8 Å². The van der Waals surface area contributed by atoms with Gasteiger partial charge in [-0.15, -0.1) is 11.3 Å². The zero-order chi connectivity index (χ0) is 14.9. The Labute approximate surface area is 127 Å². The molecule has 2 nitrogen and oxygen atoms in total. The minimum atomic E-state index is -4.34. The van der Waals surface area contributed by atoms with Gasteiger partial charge in [0.2, 0.25) is 0 Å². The maximum Gasteiger partial charge on any atom is 0.416 e. The van der Waals surface area contributed by atoms with Crippen molar-refractivity contribution in [1.82, 2.24) is 4.98 Å². The summed E-state index contributed by atoms with van der Waals surface area (Å²) in [7, 11) is 0. The quantitative estimate of drug-likeness (QED) is 0.814. The zero-order valence-corrected chi connectivity index (χ0v) is 13.2. The van der Waals surface area contributed by atoms with Gasteiger partial charge in [-0.1, -0.05) is 0 Å². The van der Waals surface area contributed by atoms with Crippen molar-refractivity contribution in [2.45, 2.75) is 26.6 Å². The minimum absolute atomic E-state index is 0.402. The van der Waals surface area contributed by atoms with E-state index in [0.29, 0.717) is 16.7 Å². The molecule has 2 aromatic rings. The Hall–Kier alpha value is -1.08. The number of anilines is 1. The van der Waals surface area contributed by atoms with Crippen LogP contribution < -0.4 is 5.32 Å². The van der Waals surface area contributed by atoms with Crippen molar-refractivity contribution < 1.29 is 13.2 Å². The second-order valence-corrected chi connectivity index (χ2v) is 6.44. The lowest BCUT2D eigenvalue weighted by molar-refractivity contribution is -0.137. The molecule has 0 aliphatic carbocycles. The number of nitrogens with zero attached hydrogens (tertiary/aromatic N) is 1. The van der Waals surface area contributed by atoms with Crippen LogP contribution in [0.5, 0.6) is 0 Å². The summed E-state index contributed by atoms with van der Waals surface area (Å²) in [6.45, 7) is 4.28. The highest BCUT2D eigenvalue weighted by atomic mass is 79.9. The minimum Gasteiger partial charge on any atom is -0.378 e.